The average Bonchev–Trinajstić information content (AvgIpc) is 3.53. The lowest BCUT2D eigenvalue weighted by Crippen LogP contribution is -2.35. The van der Waals surface area contributed by atoms with E-state index >= 15 is 0 Å². The average molecular weight is 714 g/mol. The van der Waals surface area contributed by atoms with Gasteiger partial charge < -0.3 is 30.2 Å². The number of halogens is 2. The Bertz CT molecular complexity index is 1760. The zero-order chi connectivity index (χ0) is 33.4. The first kappa shape index (κ1) is 33.2. The Labute approximate surface area is 277 Å². The number of fused-ring (bicyclic) bond motifs is 2. The number of carbonyl (C=O) groups is 2. The highest BCUT2D eigenvalue weighted by Crippen LogP contribution is 2.50. The summed E-state index contributed by atoms with van der Waals surface area (Å²) in [4.78, 5) is 49.7. The van der Waals surface area contributed by atoms with Gasteiger partial charge in [0.05, 0.1) is 19.9 Å². The van der Waals surface area contributed by atoms with Crippen molar-refractivity contribution in [1.82, 2.24) is 9.80 Å². The molecule has 14 nitrogen and oxygen atoms in total. The third-order valence-corrected chi connectivity index (χ3v) is 11.1. The molecule has 2 aromatic carbocycles. The fourth-order valence-corrected chi connectivity index (χ4v) is 8.54. The number of carbonyl (C=O) groups excluding carboxylic acids is 2. The predicted octanol–water partition coefficient (Wildman–Crippen LogP) is 7.00. The molecule has 2 aliphatic rings. The first-order chi connectivity index (χ1) is 21.8. The number of nitrogens with zero attached hydrogens (tertiary/aromatic N) is 4. The van der Waals surface area contributed by atoms with Gasteiger partial charge >= 0.3 is 11.4 Å². The molecule has 2 aliphatic heterocycles. The lowest BCUT2D eigenvalue weighted by Gasteiger charge is -2.26. The maximum absolute atomic E-state index is 12.6. The van der Waals surface area contributed by atoms with Crippen LogP contribution in [0.3, 0.4) is 0 Å². The number of phenols is 4. The summed E-state index contributed by atoms with van der Waals surface area (Å²) in [5.74, 6) is -3.47. The van der Waals surface area contributed by atoms with E-state index in [1.54, 1.807) is 9.80 Å². The number of amides is 2. The highest BCUT2D eigenvalue weighted by molar-refractivity contribution is 7.22. The topological polar surface area (TPSA) is 208 Å². The molecule has 18 heteroatoms. The van der Waals surface area contributed by atoms with E-state index in [1.807, 2.05) is 0 Å². The van der Waals surface area contributed by atoms with E-state index in [0.717, 1.165) is 73.3 Å². The summed E-state index contributed by atoms with van der Waals surface area (Å²) in [6.45, 7) is 2.51. The number of hydrogen-bond acceptors (Lipinski definition) is 12. The van der Waals surface area contributed by atoms with Gasteiger partial charge in [0.15, 0.2) is 11.5 Å². The second-order valence-electron chi connectivity index (χ2n) is 10.6. The first-order valence-electron chi connectivity index (χ1n) is 14.0. The molecule has 46 heavy (non-hydrogen) atoms. The molecule has 244 valence electrons. The molecule has 0 saturated carbocycles. The lowest BCUT2D eigenvalue weighted by atomic mass is 10.1. The minimum atomic E-state index is -0.822. The normalized spacial score (nSPS) is 15.1. The highest BCUT2D eigenvalue weighted by Gasteiger charge is 2.32. The van der Waals surface area contributed by atoms with Crippen LogP contribution < -0.4 is 0 Å². The van der Waals surface area contributed by atoms with Crippen molar-refractivity contribution in [3.05, 3.63) is 52.2 Å². The van der Waals surface area contributed by atoms with E-state index in [0.29, 0.717) is 26.2 Å². The standard InChI is InChI=1S/2C14H13ClN2O5S/c2*15-9-7-6-8(18)11(19)10(17(21)22)12(7)23-13(9)14(20)16-4-2-1-3-5-16/h2*6,18-19H,1-5H2. The van der Waals surface area contributed by atoms with Crippen LogP contribution >= 0.6 is 45.9 Å². The Morgan fingerprint density at radius 3 is 1.28 bits per heavy atom. The number of phenolic OH excluding ortho intramolecular Hbond substituents is 4. The van der Waals surface area contributed by atoms with Gasteiger partial charge in [0.2, 0.25) is 11.5 Å². The minimum Gasteiger partial charge on any atom is -0.504 e. The monoisotopic (exact) mass is 712 g/mol. The maximum atomic E-state index is 12.6. The Balaban J connectivity index is 0.000000181. The summed E-state index contributed by atoms with van der Waals surface area (Å²) in [6.07, 6.45) is 5.78. The number of rotatable bonds is 4. The Morgan fingerprint density at radius 2 is 0.978 bits per heavy atom. The van der Waals surface area contributed by atoms with Crippen molar-refractivity contribution in [1.29, 1.82) is 0 Å². The molecule has 0 radical (unpaired) electrons. The van der Waals surface area contributed by atoms with E-state index in [4.69, 9.17) is 23.2 Å². The van der Waals surface area contributed by atoms with Gasteiger partial charge in [-0.25, -0.2) is 0 Å². The van der Waals surface area contributed by atoms with E-state index in [2.05, 4.69) is 0 Å². The van der Waals surface area contributed by atoms with Gasteiger partial charge in [0.25, 0.3) is 11.8 Å². The second kappa shape index (κ2) is 13.3. The van der Waals surface area contributed by atoms with Crippen molar-refractivity contribution in [3.8, 4) is 23.0 Å². The first-order valence-corrected chi connectivity index (χ1v) is 16.4. The van der Waals surface area contributed by atoms with Gasteiger partial charge in [-0.15, -0.1) is 22.7 Å². The lowest BCUT2D eigenvalue weighted by molar-refractivity contribution is -0.384. The van der Waals surface area contributed by atoms with Crippen LogP contribution in [0.2, 0.25) is 10.0 Å². The quantitative estimate of drug-likeness (QED) is 0.0967. The molecule has 0 bridgehead atoms. The van der Waals surface area contributed by atoms with Crippen LogP contribution in [-0.4, -0.2) is 78.1 Å². The second-order valence-corrected chi connectivity index (χ2v) is 13.4. The summed E-state index contributed by atoms with van der Waals surface area (Å²) in [5, 5.41) is 61.7. The number of piperidine rings is 2. The molecule has 0 spiro atoms. The zero-order valence-electron chi connectivity index (χ0n) is 23.8. The van der Waals surface area contributed by atoms with Gasteiger partial charge in [-0.3, -0.25) is 29.8 Å². The van der Waals surface area contributed by atoms with Crippen LogP contribution in [0.15, 0.2) is 12.1 Å². The Kier molecular flexibility index (Phi) is 9.62. The van der Waals surface area contributed by atoms with E-state index < -0.39 is 44.2 Å². The van der Waals surface area contributed by atoms with Crippen LogP contribution in [0.1, 0.15) is 57.9 Å². The van der Waals surface area contributed by atoms with Gasteiger partial charge in [-0.05, 0) is 50.7 Å². The largest absolute Gasteiger partial charge is 0.504 e. The molecule has 2 amide bonds. The SMILES string of the molecule is O=C(c1sc2c([N+](=O)[O-])c(O)c(O)cc2c1Cl)N1CCCCC1.O=C(c1sc2c([N+](=O)[O-])c(O)c(O)cc2c1Cl)N1CCCCC1. The van der Waals surface area contributed by atoms with Crippen LogP contribution in [0.25, 0.3) is 20.2 Å². The number of likely N-dealkylation sites (tertiary alicyclic amines) is 2. The van der Waals surface area contributed by atoms with E-state index in [1.165, 1.54) is 0 Å². The molecule has 2 aromatic heterocycles. The van der Waals surface area contributed by atoms with Gasteiger partial charge in [-0.2, -0.15) is 0 Å². The molecule has 4 N–H and O–H groups in total. The molecule has 0 unspecified atom stereocenters. The van der Waals surface area contributed by atoms with Gasteiger partial charge in [-0.1, -0.05) is 23.2 Å². The fourth-order valence-electron chi connectivity index (χ4n) is 5.42. The van der Waals surface area contributed by atoms with E-state index in [9.17, 15) is 50.2 Å². The highest BCUT2D eigenvalue weighted by atomic mass is 35.5. The van der Waals surface area contributed by atoms with Crippen molar-refractivity contribution in [2.45, 2.75) is 38.5 Å². The minimum absolute atomic E-state index is 0.0685. The molecule has 4 aromatic rings. The number of nitro benzene ring substituents is 2. The molecule has 0 atom stereocenters. The summed E-state index contributed by atoms with van der Waals surface area (Å²) in [6, 6.07) is 2.28. The molecule has 2 fully saturated rings. The smallest absolute Gasteiger partial charge is 0.332 e. The van der Waals surface area contributed by atoms with Gasteiger partial charge in [0, 0.05) is 37.0 Å². The Hall–Kier alpha value is -4.12. The zero-order valence-corrected chi connectivity index (χ0v) is 27.0. The summed E-state index contributed by atoms with van der Waals surface area (Å²) < 4.78 is 0.159. The Morgan fingerprint density at radius 1 is 0.652 bits per heavy atom. The summed E-state index contributed by atoms with van der Waals surface area (Å²) >= 11 is 14.2. The molecule has 6 rings (SSSR count). The maximum Gasteiger partial charge on any atom is 0.332 e. The third-order valence-electron chi connectivity index (χ3n) is 7.74. The summed E-state index contributed by atoms with van der Waals surface area (Å²) in [5.41, 5.74) is -1.27. The van der Waals surface area contributed by atoms with Crippen molar-refractivity contribution in [2.75, 3.05) is 26.2 Å². The number of benzene rings is 2. The molecular formula is C28H26Cl2N4O10S2. The molecule has 4 heterocycles. The van der Waals surface area contributed by atoms with Crippen LogP contribution in [-0.2, 0) is 0 Å². The molecular weight excluding hydrogens is 687 g/mol. The van der Waals surface area contributed by atoms with Crippen molar-refractivity contribution in [3.63, 3.8) is 0 Å². The van der Waals surface area contributed by atoms with Gasteiger partial charge in [0.1, 0.15) is 19.2 Å². The summed E-state index contributed by atoms with van der Waals surface area (Å²) in [7, 11) is 0. The third kappa shape index (κ3) is 6.04. The molecule has 0 aliphatic carbocycles. The van der Waals surface area contributed by atoms with Crippen LogP contribution in [0.4, 0.5) is 11.4 Å². The van der Waals surface area contributed by atoms with Crippen molar-refractivity contribution in [2.24, 2.45) is 0 Å². The predicted molar refractivity (Wildman–Crippen MR) is 173 cm³/mol. The van der Waals surface area contributed by atoms with Crippen LogP contribution in [0, 0.1) is 20.2 Å². The van der Waals surface area contributed by atoms with E-state index in [-0.39, 0.29) is 51.8 Å². The molecule has 2 saturated heterocycles. The van der Waals surface area contributed by atoms with Crippen molar-refractivity contribution < 1.29 is 39.9 Å². The number of thiophene rings is 2. The van der Waals surface area contributed by atoms with Crippen LogP contribution in [0.5, 0.6) is 23.0 Å². The van der Waals surface area contributed by atoms with Crippen molar-refractivity contribution >= 4 is 89.2 Å². The number of nitro groups is 2. The number of hydrogen-bond donors (Lipinski definition) is 4. The fraction of sp³-hybridized carbons (Fsp3) is 0.357. The number of aromatic hydroxyl groups is 4.